The van der Waals surface area contributed by atoms with E-state index < -0.39 is 0 Å². The van der Waals surface area contributed by atoms with Gasteiger partial charge >= 0.3 is 0 Å². The molecule has 1 fully saturated rings. The number of hydrogen-bond donors (Lipinski definition) is 0. The van der Waals surface area contributed by atoms with E-state index in [0.29, 0.717) is 6.04 Å². The molecule has 0 bridgehead atoms. The molecule has 0 N–H and O–H groups in total. The summed E-state index contributed by atoms with van der Waals surface area (Å²) in [6.45, 7) is 4.85. The third-order valence-corrected chi connectivity index (χ3v) is 6.00. The molecule has 0 amide bonds. The lowest BCUT2D eigenvalue weighted by molar-refractivity contribution is 0.251. The summed E-state index contributed by atoms with van der Waals surface area (Å²) in [5.41, 5.74) is 1.41. The normalized spacial score (nSPS) is 18.1. The van der Waals surface area contributed by atoms with Crippen molar-refractivity contribution in [1.82, 2.24) is 4.90 Å². The molecule has 2 aromatic heterocycles. The summed E-state index contributed by atoms with van der Waals surface area (Å²) in [6.07, 6.45) is 7.98. The lowest BCUT2D eigenvalue weighted by Gasteiger charge is -2.26. The van der Waals surface area contributed by atoms with Crippen LogP contribution in [0.2, 0.25) is 0 Å². The van der Waals surface area contributed by atoms with Gasteiger partial charge in [-0.25, -0.2) is 0 Å². The second-order valence-electron chi connectivity index (χ2n) is 5.73. The molecular formula is C18H23NS2. The molecule has 1 atom stereocenters. The smallest absolute Gasteiger partial charge is 0.0354 e. The molecule has 1 nitrogen and oxygen atoms in total. The maximum Gasteiger partial charge on any atom is 0.0354 e. The van der Waals surface area contributed by atoms with Gasteiger partial charge in [0, 0.05) is 21.4 Å². The van der Waals surface area contributed by atoms with Crippen molar-refractivity contribution in [3.63, 3.8) is 0 Å². The van der Waals surface area contributed by atoms with Crippen molar-refractivity contribution in [2.45, 2.75) is 38.6 Å². The molecule has 21 heavy (non-hydrogen) atoms. The lowest BCUT2D eigenvalue weighted by Crippen LogP contribution is -2.32. The van der Waals surface area contributed by atoms with Gasteiger partial charge in [0.1, 0.15) is 0 Å². The molecule has 1 aliphatic rings. The number of hydrogen-bond acceptors (Lipinski definition) is 3. The zero-order valence-corrected chi connectivity index (χ0v) is 14.3. The van der Waals surface area contributed by atoms with Crippen LogP contribution in [0, 0.1) is 0 Å². The SMILES string of the molecule is CC(C=C(c1cccs1)c1cccs1)N1CCCCCC1. The topological polar surface area (TPSA) is 3.24 Å². The number of rotatable bonds is 4. The lowest BCUT2D eigenvalue weighted by atomic mass is 10.1. The first-order chi connectivity index (χ1) is 10.3. The molecule has 0 radical (unpaired) electrons. The predicted molar refractivity (Wildman–Crippen MR) is 95.2 cm³/mol. The van der Waals surface area contributed by atoms with Crippen LogP contribution >= 0.6 is 22.7 Å². The van der Waals surface area contributed by atoms with E-state index in [2.05, 4.69) is 52.9 Å². The van der Waals surface area contributed by atoms with E-state index in [0.717, 1.165) is 0 Å². The van der Waals surface area contributed by atoms with E-state index in [1.54, 1.807) is 0 Å². The van der Waals surface area contributed by atoms with Gasteiger partial charge in [0.2, 0.25) is 0 Å². The molecule has 1 unspecified atom stereocenters. The van der Waals surface area contributed by atoms with E-state index >= 15 is 0 Å². The van der Waals surface area contributed by atoms with Crippen molar-refractivity contribution in [2.75, 3.05) is 13.1 Å². The zero-order chi connectivity index (χ0) is 14.5. The van der Waals surface area contributed by atoms with Crippen LogP contribution in [0.4, 0.5) is 0 Å². The minimum absolute atomic E-state index is 0.516. The molecular weight excluding hydrogens is 294 g/mol. The van der Waals surface area contributed by atoms with Crippen LogP contribution in [0.1, 0.15) is 42.4 Å². The Balaban J connectivity index is 1.85. The van der Waals surface area contributed by atoms with E-state index in [4.69, 9.17) is 0 Å². The number of likely N-dealkylation sites (tertiary alicyclic amines) is 1. The van der Waals surface area contributed by atoms with Crippen molar-refractivity contribution >= 4 is 28.2 Å². The fourth-order valence-corrected chi connectivity index (χ4v) is 4.59. The average Bonchev–Trinajstić information content (AvgIpc) is 3.14. The van der Waals surface area contributed by atoms with Gasteiger partial charge in [-0.2, -0.15) is 0 Å². The van der Waals surface area contributed by atoms with Crippen molar-refractivity contribution < 1.29 is 0 Å². The van der Waals surface area contributed by atoms with Crippen LogP contribution in [0.15, 0.2) is 41.1 Å². The zero-order valence-electron chi connectivity index (χ0n) is 12.6. The van der Waals surface area contributed by atoms with Gasteiger partial charge in [0.05, 0.1) is 0 Å². The van der Waals surface area contributed by atoms with Crippen LogP contribution < -0.4 is 0 Å². The Morgan fingerprint density at radius 2 is 1.57 bits per heavy atom. The van der Waals surface area contributed by atoms with Crippen molar-refractivity contribution in [3.8, 4) is 0 Å². The Kier molecular flexibility index (Phi) is 5.28. The maximum atomic E-state index is 2.65. The fraction of sp³-hybridized carbons (Fsp3) is 0.444. The van der Waals surface area contributed by atoms with Gasteiger partial charge in [-0.1, -0.05) is 31.1 Å². The molecule has 0 aliphatic carbocycles. The Morgan fingerprint density at radius 1 is 1.00 bits per heavy atom. The standard InChI is InChI=1S/C18H23NS2/c1-15(19-10-4-2-3-5-11-19)14-16(17-8-6-12-20-17)18-9-7-13-21-18/h6-9,12-15H,2-5,10-11H2,1H3. The summed E-state index contributed by atoms with van der Waals surface area (Å²) in [5, 5.41) is 4.35. The molecule has 0 saturated carbocycles. The Bertz CT molecular complexity index is 510. The summed E-state index contributed by atoms with van der Waals surface area (Å²) in [5.74, 6) is 0. The average molecular weight is 318 g/mol. The summed E-state index contributed by atoms with van der Waals surface area (Å²) >= 11 is 3.68. The van der Waals surface area contributed by atoms with Crippen molar-refractivity contribution in [1.29, 1.82) is 0 Å². The van der Waals surface area contributed by atoms with Gasteiger partial charge in [-0.05, 0) is 55.7 Å². The third-order valence-electron chi connectivity index (χ3n) is 4.20. The van der Waals surface area contributed by atoms with E-state index in [9.17, 15) is 0 Å². The highest BCUT2D eigenvalue weighted by Gasteiger charge is 2.16. The molecule has 1 aliphatic heterocycles. The Morgan fingerprint density at radius 3 is 2.05 bits per heavy atom. The Labute approximate surface area is 135 Å². The van der Waals surface area contributed by atoms with Crippen LogP contribution in [-0.2, 0) is 0 Å². The van der Waals surface area contributed by atoms with Gasteiger partial charge < -0.3 is 0 Å². The minimum atomic E-state index is 0.516. The maximum absolute atomic E-state index is 2.65. The van der Waals surface area contributed by atoms with Crippen LogP contribution in [0.5, 0.6) is 0 Å². The molecule has 3 heterocycles. The van der Waals surface area contributed by atoms with Gasteiger partial charge in [0.25, 0.3) is 0 Å². The molecule has 1 saturated heterocycles. The van der Waals surface area contributed by atoms with E-state index in [1.807, 2.05) is 22.7 Å². The molecule has 3 rings (SSSR count). The highest BCUT2D eigenvalue weighted by Crippen LogP contribution is 2.31. The highest BCUT2D eigenvalue weighted by molar-refractivity contribution is 7.13. The molecule has 0 aromatic carbocycles. The summed E-state index contributed by atoms with van der Waals surface area (Å²) in [6, 6.07) is 9.30. The summed E-state index contributed by atoms with van der Waals surface area (Å²) < 4.78 is 0. The second-order valence-corrected chi connectivity index (χ2v) is 7.62. The van der Waals surface area contributed by atoms with Gasteiger partial charge in [0.15, 0.2) is 0 Å². The van der Waals surface area contributed by atoms with Crippen LogP contribution in [-0.4, -0.2) is 24.0 Å². The van der Waals surface area contributed by atoms with Crippen LogP contribution in [0.3, 0.4) is 0 Å². The fourth-order valence-electron chi connectivity index (χ4n) is 3.00. The predicted octanol–water partition coefficient (Wildman–Crippen LogP) is 5.51. The summed E-state index contributed by atoms with van der Waals surface area (Å²) in [4.78, 5) is 5.42. The number of nitrogens with zero attached hydrogens (tertiary/aromatic N) is 1. The van der Waals surface area contributed by atoms with E-state index in [1.165, 1.54) is 54.1 Å². The highest BCUT2D eigenvalue weighted by atomic mass is 32.1. The first kappa shape index (κ1) is 15.0. The largest absolute Gasteiger partial charge is 0.297 e. The monoisotopic (exact) mass is 317 g/mol. The first-order valence-electron chi connectivity index (χ1n) is 7.88. The molecule has 3 heteroatoms. The quantitative estimate of drug-likeness (QED) is 0.719. The van der Waals surface area contributed by atoms with Gasteiger partial charge in [-0.3, -0.25) is 4.90 Å². The van der Waals surface area contributed by atoms with Crippen molar-refractivity contribution in [2.24, 2.45) is 0 Å². The molecule has 0 spiro atoms. The molecule has 112 valence electrons. The first-order valence-corrected chi connectivity index (χ1v) is 9.64. The minimum Gasteiger partial charge on any atom is -0.297 e. The second kappa shape index (κ2) is 7.39. The van der Waals surface area contributed by atoms with Gasteiger partial charge in [-0.15, -0.1) is 22.7 Å². The molecule has 2 aromatic rings. The van der Waals surface area contributed by atoms with E-state index in [-0.39, 0.29) is 0 Å². The van der Waals surface area contributed by atoms with Crippen molar-refractivity contribution in [3.05, 3.63) is 50.9 Å². The summed E-state index contributed by atoms with van der Waals surface area (Å²) in [7, 11) is 0. The third kappa shape index (κ3) is 3.85. The Hall–Kier alpha value is -0.900. The van der Waals surface area contributed by atoms with Crippen LogP contribution in [0.25, 0.3) is 5.57 Å². The number of thiophene rings is 2.